The smallest absolute Gasteiger partial charge is 0.0701 e. The minimum atomic E-state index is 0.126. The van der Waals surface area contributed by atoms with Crippen LogP contribution in [0.1, 0.15) is 22.6 Å². The van der Waals surface area contributed by atoms with Crippen LogP contribution >= 0.6 is 39.0 Å². The van der Waals surface area contributed by atoms with E-state index in [0.29, 0.717) is 5.25 Å². The average molecular weight is 342 g/mol. The second kappa shape index (κ2) is 6.24. The Morgan fingerprint density at radius 2 is 2.06 bits per heavy atom. The molecule has 0 spiro atoms. The fraction of sp³-hybridized carbons (Fsp3) is 0.286. The molecule has 0 aliphatic carbocycles. The van der Waals surface area contributed by atoms with Crippen LogP contribution in [0.15, 0.2) is 45.1 Å². The van der Waals surface area contributed by atoms with E-state index in [1.165, 1.54) is 15.3 Å². The fourth-order valence-electron chi connectivity index (χ4n) is 1.74. The summed E-state index contributed by atoms with van der Waals surface area (Å²) in [6, 6.07) is 12.9. The molecule has 2 atom stereocenters. The van der Waals surface area contributed by atoms with E-state index in [4.69, 9.17) is 5.73 Å². The van der Waals surface area contributed by atoms with Gasteiger partial charge in [-0.15, -0.1) is 23.1 Å². The van der Waals surface area contributed by atoms with Crippen molar-refractivity contribution in [3.8, 4) is 0 Å². The number of benzene rings is 1. The Morgan fingerprint density at radius 3 is 2.61 bits per heavy atom. The highest BCUT2D eigenvalue weighted by Crippen LogP contribution is 2.41. The second-order valence-corrected chi connectivity index (χ2v) is 8.07. The van der Waals surface area contributed by atoms with E-state index in [2.05, 4.69) is 66.2 Å². The van der Waals surface area contributed by atoms with Gasteiger partial charge in [-0.25, -0.2) is 0 Å². The molecule has 2 unspecified atom stereocenters. The molecular weight excluding hydrogens is 326 g/mol. The maximum Gasteiger partial charge on any atom is 0.0701 e. The van der Waals surface area contributed by atoms with Crippen LogP contribution in [0.25, 0.3) is 0 Å². The van der Waals surface area contributed by atoms with Crippen LogP contribution in [0.5, 0.6) is 0 Å². The largest absolute Gasteiger partial charge is 0.327 e. The predicted molar refractivity (Wildman–Crippen MR) is 85.4 cm³/mol. The summed E-state index contributed by atoms with van der Waals surface area (Å²) in [7, 11) is 0. The van der Waals surface area contributed by atoms with Crippen molar-refractivity contribution in [3.05, 3.63) is 50.6 Å². The summed E-state index contributed by atoms with van der Waals surface area (Å²) in [5.74, 6) is 0. The molecule has 0 saturated heterocycles. The van der Waals surface area contributed by atoms with Crippen molar-refractivity contribution < 1.29 is 0 Å². The van der Waals surface area contributed by atoms with Gasteiger partial charge in [0.1, 0.15) is 0 Å². The predicted octanol–water partition coefficient (Wildman–Crippen LogP) is 5.00. The van der Waals surface area contributed by atoms with Gasteiger partial charge in [-0.1, -0.05) is 17.7 Å². The third-order valence-electron chi connectivity index (χ3n) is 2.60. The summed E-state index contributed by atoms with van der Waals surface area (Å²) >= 11 is 7.12. The van der Waals surface area contributed by atoms with Crippen molar-refractivity contribution in [1.82, 2.24) is 0 Å². The summed E-state index contributed by atoms with van der Waals surface area (Å²) < 4.78 is 1.16. The molecule has 2 rings (SSSR count). The summed E-state index contributed by atoms with van der Waals surface area (Å²) in [4.78, 5) is 2.60. The van der Waals surface area contributed by atoms with Gasteiger partial charge in [-0.05, 0) is 54.0 Å². The van der Waals surface area contributed by atoms with Gasteiger partial charge < -0.3 is 5.73 Å². The molecule has 2 N–H and O–H groups in total. The van der Waals surface area contributed by atoms with Crippen LogP contribution in [-0.4, -0.2) is 6.04 Å². The highest BCUT2D eigenvalue weighted by molar-refractivity contribution is 9.11. The zero-order valence-electron chi connectivity index (χ0n) is 10.4. The first-order chi connectivity index (χ1) is 8.56. The van der Waals surface area contributed by atoms with Gasteiger partial charge in [0, 0.05) is 15.8 Å². The summed E-state index contributed by atoms with van der Waals surface area (Å²) in [5, 5.41) is 0.308. The van der Waals surface area contributed by atoms with E-state index in [0.717, 1.165) is 3.79 Å². The van der Waals surface area contributed by atoms with Gasteiger partial charge in [-0.3, -0.25) is 0 Å². The SMILES string of the molecule is Cc1cccc(SC(c2ccc(Br)s2)C(C)N)c1. The van der Waals surface area contributed by atoms with E-state index in [1.54, 1.807) is 11.3 Å². The van der Waals surface area contributed by atoms with E-state index >= 15 is 0 Å². The molecule has 0 aliphatic heterocycles. The molecule has 0 radical (unpaired) electrons. The van der Waals surface area contributed by atoms with Crippen molar-refractivity contribution in [2.24, 2.45) is 5.73 Å². The number of hydrogen-bond donors (Lipinski definition) is 1. The molecule has 2 aromatic rings. The molecule has 0 saturated carbocycles. The second-order valence-electron chi connectivity index (χ2n) is 4.36. The van der Waals surface area contributed by atoms with Gasteiger partial charge >= 0.3 is 0 Å². The zero-order valence-corrected chi connectivity index (χ0v) is 13.6. The lowest BCUT2D eigenvalue weighted by Gasteiger charge is -2.19. The van der Waals surface area contributed by atoms with E-state index in [1.807, 2.05) is 11.8 Å². The third kappa shape index (κ3) is 3.60. The maximum absolute atomic E-state index is 6.13. The lowest BCUT2D eigenvalue weighted by molar-refractivity contribution is 0.730. The lowest BCUT2D eigenvalue weighted by atomic mass is 10.2. The van der Waals surface area contributed by atoms with Gasteiger partial charge in [-0.2, -0.15) is 0 Å². The van der Waals surface area contributed by atoms with Gasteiger partial charge in [0.15, 0.2) is 0 Å². The van der Waals surface area contributed by atoms with E-state index in [9.17, 15) is 0 Å². The number of thiophene rings is 1. The maximum atomic E-state index is 6.13. The minimum Gasteiger partial charge on any atom is -0.327 e. The molecule has 1 aromatic carbocycles. The van der Waals surface area contributed by atoms with Crippen LogP contribution < -0.4 is 5.73 Å². The third-order valence-corrected chi connectivity index (χ3v) is 5.92. The number of hydrogen-bond acceptors (Lipinski definition) is 3. The molecule has 1 nitrogen and oxygen atoms in total. The van der Waals surface area contributed by atoms with Crippen molar-refractivity contribution in [2.75, 3.05) is 0 Å². The number of nitrogens with two attached hydrogens (primary N) is 1. The Balaban J connectivity index is 2.22. The topological polar surface area (TPSA) is 26.0 Å². The number of aryl methyl sites for hydroxylation is 1. The lowest BCUT2D eigenvalue weighted by Crippen LogP contribution is -2.21. The summed E-state index contributed by atoms with van der Waals surface area (Å²) in [6.45, 7) is 4.19. The van der Waals surface area contributed by atoms with Gasteiger partial charge in [0.25, 0.3) is 0 Å². The van der Waals surface area contributed by atoms with Crippen molar-refractivity contribution >= 4 is 39.0 Å². The van der Waals surface area contributed by atoms with Crippen molar-refractivity contribution in [2.45, 2.75) is 30.0 Å². The molecule has 1 heterocycles. The first kappa shape index (κ1) is 14.1. The highest BCUT2D eigenvalue weighted by atomic mass is 79.9. The Labute approximate surface area is 125 Å². The molecule has 4 heteroatoms. The Bertz CT molecular complexity index is 522. The summed E-state index contributed by atoms with van der Waals surface area (Å²) in [5.41, 5.74) is 7.42. The average Bonchev–Trinajstić information content (AvgIpc) is 2.72. The monoisotopic (exact) mass is 341 g/mol. The quantitative estimate of drug-likeness (QED) is 0.792. The molecule has 96 valence electrons. The van der Waals surface area contributed by atoms with Gasteiger partial charge in [0.2, 0.25) is 0 Å². The number of thioether (sulfide) groups is 1. The molecule has 0 amide bonds. The van der Waals surface area contributed by atoms with Crippen molar-refractivity contribution in [3.63, 3.8) is 0 Å². The van der Waals surface area contributed by atoms with Crippen LogP contribution in [-0.2, 0) is 0 Å². The van der Waals surface area contributed by atoms with E-state index in [-0.39, 0.29) is 6.04 Å². The first-order valence-corrected chi connectivity index (χ1v) is 8.29. The minimum absolute atomic E-state index is 0.126. The van der Waals surface area contributed by atoms with Crippen LogP contribution in [0, 0.1) is 6.92 Å². The number of rotatable bonds is 4. The van der Waals surface area contributed by atoms with E-state index < -0.39 is 0 Å². The molecule has 1 aromatic heterocycles. The molecule has 18 heavy (non-hydrogen) atoms. The first-order valence-electron chi connectivity index (χ1n) is 5.80. The zero-order chi connectivity index (χ0) is 13.1. The summed E-state index contributed by atoms with van der Waals surface area (Å²) in [6.07, 6.45) is 0. The van der Waals surface area contributed by atoms with Crippen LogP contribution in [0.3, 0.4) is 0 Å². The fourth-order valence-corrected chi connectivity index (χ4v) is 4.66. The highest BCUT2D eigenvalue weighted by Gasteiger charge is 2.19. The van der Waals surface area contributed by atoms with Crippen molar-refractivity contribution in [1.29, 1.82) is 0 Å². The molecule has 0 bridgehead atoms. The Hall–Kier alpha value is -0.290. The normalized spacial score (nSPS) is 14.4. The van der Waals surface area contributed by atoms with Crippen LogP contribution in [0.4, 0.5) is 0 Å². The molecule has 0 aliphatic rings. The Kier molecular flexibility index (Phi) is 4.90. The molecule has 0 fully saturated rings. The van der Waals surface area contributed by atoms with Crippen LogP contribution in [0.2, 0.25) is 0 Å². The van der Waals surface area contributed by atoms with Gasteiger partial charge in [0.05, 0.1) is 9.04 Å². The number of halogens is 1. The Morgan fingerprint density at radius 1 is 1.28 bits per heavy atom. The molecular formula is C14H16BrNS2. The standard InChI is InChI=1S/C14H16BrNS2/c1-9-4-3-5-11(8-9)17-14(10(2)16)12-6-7-13(15)18-12/h3-8,10,14H,16H2,1-2H3.